The molecule has 0 spiro atoms. The van der Waals surface area contributed by atoms with Crippen molar-refractivity contribution in [3.05, 3.63) is 70.5 Å². The third kappa shape index (κ3) is 3.42. The van der Waals surface area contributed by atoms with Gasteiger partial charge in [-0.2, -0.15) is 0 Å². The van der Waals surface area contributed by atoms with E-state index in [0.29, 0.717) is 11.8 Å². The van der Waals surface area contributed by atoms with Crippen molar-refractivity contribution < 1.29 is 13.6 Å². The minimum atomic E-state index is -0.863. The molecule has 5 nitrogen and oxygen atoms in total. The first-order valence-electron chi connectivity index (χ1n) is 6.47. The molecule has 0 aliphatic rings. The number of nitrogens with one attached hydrogen (secondary N) is 1. The number of carbonyl (C=O) groups excluding carboxylic acids is 1. The summed E-state index contributed by atoms with van der Waals surface area (Å²) in [5.74, 6) is -2.23. The van der Waals surface area contributed by atoms with Crippen molar-refractivity contribution >= 4 is 27.5 Å². The van der Waals surface area contributed by atoms with Crippen molar-refractivity contribution in [2.75, 3.05) is 5.32 Å². The van der Waals surface area contributed by atoms with E-state index in [4.69, 9.17) is 0 Å². The standard InChI is InChI=1S/C15H9BrF2N4O/c16-9-2-1-3-11(6-9)22-8-14(20-21-22)15(23)19-13-5-4-10(17)7-12(13)18/h1-8H,(H,19,23). The molecule has 116 valence electrons. The van der Waals surface area contributed by atoms with Gasteiger partial charge in [0.15, 0.2) is 5.69 Å². The van der Waals surface area contributed by atoms with Crippen LogP contribution < -0.4 is 5.32 Å². The summed E-state index contributed by atoms with van der Waals surface area (Å²) in [5, 5.41) is 9.94. The van der Waals surface area contributed by atoms with Crippen molar-refractivity contribution in [1.29, 1.82) is 0 Å². The Bertz CT molecular complexity index is 881. The molecule has 0 saturated carbocycles. The predicted molar refractivity (Wildman–Crippen MR) is 83.4 cm³/mol. The van der Waals surface area contributed by atoms with Crippen molar-refractivity contribution in [3.8, 4) is 5.69 Å². The summed E-state index contributed by atoms with van der Waals surface area (Å²) in [6, 6.07) is 10.1. The Labute approximate surface area is 138 Å². The number of anilines is 1. The second-order valence-corrected chi connectivity index (χ2v) is 5.52. The third-order valence-corrected chi connectivity index (χ3v) is 3.47. The van der Waals surface area contributed by atoms with Crippen LogP contribution in [0.4, 0.5) is 14.5 Å². The van der Waals surface area contributed by atoms with E-state index in [-0.39, 0.29) is 11.4 Å². The molecule has 2 aromatic carbocycles. The highest BCUT2D eigenvalue weighted by Gasteiger charge is 2.14. The maximum atomic E-state index is 13.5. The molecule has 3 rings (SSSR count). The number of hydrogen-bond donors (Lipinski definition) is 1. The van der Waals surface area contributed by atoms with Gasteiger partial charge in [0.2, 0.25) is 0 Å². The second kappa shape index (κ2) is 6.25. The Morgan fingerprint density at radius 3 is 2.74 bits per heavy atom. The average Bonchev–Trinajstić information content (AvgIpc) is 3.00. The first-order valence-corrected chi connectivity index (χ1v) is 7.27. The lowest BCUT2D eigenvalue weighted by Gasteiger charge is -2.04. The Balaban J connectivity index is 1.81. The van der Waals surface area contributed by atoms with Crippen LogP contribution in [0.2, 0.25) is 0 Å². The maximum Gasteiger partial charge on any atom is 0.277 e. The van der Waals surface area contributed by atoms with Gasteiger partial charge in [0, 0.05) is 10.5 Å². The number of nitrogens with zero attached hydrogens (tertiary/aromatic N) is 3. The first-order chi connectivity index (χ1) is 11.0. The van der Waals surface area contributed by atoms with Gasteiger partial charge in [-0.1, -0.05) is 27.2 Å². The fourth-order valence-electron chi connectivity index (χ4n) is 1.89. The molecule has 1 N–H and O–H groups in total. The van der Waals surface area contributed by atoms with E-state index in [1.807, 2.05) is 12.1 Å². The van der Waals surface area contributed by atoms with Gasteiger partial charge in [-0.3, -0.25) is 4.79 Å². The predicted octanol–water partition coefficient (Wildman–Crippen LogP) is 3.56. The number of carbonyl (C=O) groups is 1. The molecular formula is C15H9BrF2N4O. The van der Waals surface area contributed by atoms with Crippen LogP contribution in [-0.2, 0) is 0 Å². The van der Waals surface area contributed by atoms with Crippen molar-refractivity contribution in [3.63, 3.8) is 0 Å². The highest BCUT2D eigenvalue weighted by molar-refractivity contribution is 9.10. The number of aromatic nitrogens is 3. The van der Waals surface area contributed by atoms with Crippen LogP contribution in [0, 0.1) is 11.6 Å². The molecule has 1 aromatic heterocycles. The topological polar surface area (TPSA) is 59.8 Å². The molecule has 0 saturated heterocycles. The van der Waals surface area contributed by atoms with Gasteiger partial charge >= 0.3 is 0 Å². The Morgan fingerprint density at radius 2 is 2.00 bits per heavy atom. The zero-order valence-corrected chi connectivity index (χ0v) is 13.1. The summed E-state index contributed by atoms with van der Waals surface area (Å²) in [6.45, 7) is 0. The fourth-order valence-corrected chi connectivity index (χ4v) is 2.28. The van der Waals surface area contributed by atoms with Gasteiger partial charge in [-0.25, -0.2) is 13.5 Å². The summed E-state index contributed by atoms with van der Waals surface area (Å²) in [5.41, 5.74) is 0.584. The van der Waals surface area contributed by atoms with Crippen LogP contribution in [0.25, 0.3) is 5.69 Å². The Morgan fingerprint density at radius 1 is 1.17 bits per heavy atom. The molecule has 0 unspecified atom stereocenters. The van der Waals surface area contributed by atoms with Crippen LogP contribution in [0.15, 0.2) is 53.1 Å². The van der Waals surface area contributed by atoms with Gasteiger partial charge in [-0.15, -0.1) is 5.10 Å². The molecule has 0 fully saturated rings. The number of benzene rings is 2. The molecule has 1 heterocycles. The monoisotopic (exact) mass is 378 g/mol. The number of hydrogen-bond acceptors (Lipinski definition) is 3. The van der Waals surface area contributed by atoms with Crippen LogP contribution in [0.5, 0.6) is 0 Å². The van der Waals surface area contributed by atoms with E-state index in [0.717, 1.165) is 16.6 Å². The first kappa shape index (κ1) is 15.3. The highest BCUT2D eigenvalue weighted by atomic mass is 79.9. The van der Waals surface area contributed by atoms with Gasteiger partial charge in [-0.05, 0) is 30.3 Å². The lowest BCUT2D eigenvalue weighted by Crippen LogP contribution is -2.13. The van der Waals surface area contributed by atoms with Crippen LogP contribution in [-0.4, -0.2) is 20.9 Å². The smallest absolute Gasteiger partial charge is 0.277 e. The second-order valence-electron chi connectivity index (χ2n) is 4.61. The van der Waals surface area contributed by atoms with E-state index < -0.39 is 17.5 Å². The Kier molecular flexibility index (Phi) is 4.16. The third-order valence-electron chi connectivity index (χ3n) is 2.98. The molecule has 0 aliphatic carbocycles. The zero-order chi connectivity index (χ0) is 16.4. The maximum absolute atomic E-state index is 13.5. The molecule has 0 bridgehead atoms. The molecule has 0 atom stereocenters. The van der Waals surface area contributed by atoms with Crippen LogP contribution >= 0.6 is 15.9 Å². The van der Waals surface area contributed by atoms with Gasteiger partial charge < -0.3 is 5.32 Å². The molecular weight excluding hydrogens is 370 g/mol. The van der Waals surface area contributed by atoms with Crippen LogP contribution in [0.3, 0.4) is 0 Å². The van der Waals surface area contributed by atoms with E-state index in [9.17, 15) is 13.6 Å². The number of amides is 1. The summed E-state index contributed by atoms with van der Waals surface area (Å²) in [4.78, 5) is 12.1. The molecule has 0 radical (unpaired) electrons. The lowest BCUT2D eigenvalue weighted by molar-refractivity contribution is 0.102. The van der Waals surface area contributed by atoms with Gasteiger partial charge in [0.25, 0.3) is 5.91 Å². The highest BCUT2D eigenvalue weighted by Crippen LogP contribution is 2.17. The molecule has 23 heavy (non-hydrogen) atoms. The quantitative estimate of drug-likeness (QED) is 0.757. The van der Waals surface area contributed by atoms with Crippen LogP contribution in [0.1, 0.15) is 10.5 Å². The molecule has 8 heteroatoms. The normalized spacial score (nSPS) is 10.6. The average molecular weight is 379 g/mol. The summed E-state index contributed by atoms with van der Waals surface area (Å²) < 4.78 is 28.7. The Hall–Kier alpha value is -2.61. The van der Waals surface area contributed by atoms with Crippen molar-refractivity contribution in [2.45, 2.75) is 0 Å². The van der Waals surface area contributed by atoms with Crippen molar-refractivity contribution in [2.24, 2.45) is 0 Å². The largest absolute Gasteiger partial charge is 0.318 e. The van der Waals surface area contributed by atoms with E-state index >= 15 is 0 Å². The zero-order valence-electron chi connectivity index (χ0n) is 11.5. The summed E-state index contributed by atoms with van der Waals surface area (Å²) >= 11 is 3.34. The molecule has 0 aliphatic heterocycles. The summed E-state index contributed by atoms with van der Waals surface area (Å²) in [7, 11) is 0. The summed E-state index contributed by atoms with van der Waals surface area (Å²) in [6.07, 6.45) is 1.42. The number of halogens is 3. The molecule has 1 amide bonds. The van der Waals surface area contributed by atoms with Gasteiger partial charge in [0.05, 0.1) is 17.6 Å². The fraction of sp³-hybridized carbons (Fsp3) is 0. The lowest BCUT2D eigenvalue weighted by atomic mass is 10.3. The molecule has 3 aromatic rings. The minimum absolute atomic E-state index is 0.00806. The van der Waals surface area contributed by atoms with E-state index in [1.54, 1.807) is 12.1 Å². The minimum Gasteiger partial charge on any atom is -0.318 e. The number of rotatable bonds is 3. The van der Waals surface area contributed by atoms with Gasteiger partial charge in [0.1, 0.15) is 11.6 Å². The van der Waals surface area contributed by atoms with E-state index in [2.05, 4.69) is 31.6 Å². The van der Waals surface area contributed by atoms with E-state index in [1.165, 1.54) is 10.9 Å². The SMILES string of the molecule is O=C(Nc1ccc(F)cc1F)c1cn(-c2cccc(Br)c2)nn1. The van der Waals surface area contributed by atoms with Crippen molar-refractivity contribution in [1.82, 2.24) is 15.0 Å².